The second kappa shape index (κ2) is 5.74. The fourth-order valence-electron chi connectivity index (χ4n) is 2.68. The van der Waals surface area contributed by atoms with Crippen molar-refractivity contribution in [2.75, 3.05) is 0 Å². The highest BCUT2D eigenvalue weighted by molar-refractivity contribution is 7.10. The maximum atomic E-state index is 12.4. The van der Waals surface area contributed by atoms with Crippen molar-refractivity contribution in [1.82, 2.24) is 0 Å². The molecule has 0 saturated heterocycles. The first-order chi connectivity index (χ1) is 10.8. The smallest absolute Gasteiger partial charge is 0.377 e. The van der Waals surface area contributed by atoms with E-state index in [4.69, 9.17) is 9.68 Å². The third-order valence-electron chi connectivity index (χ3n) is 4.27. The molecule has 5 nitrogen and oxygen atoms in total. The highest BCUT2D eigenvalue weighted by Crippen LogP contribution is 2.33. The SMILES string of the molecule is CC(C)(C)C1=NOC(C)(C(=O)O/N=C2\CCCc3sccc32)C1. The van der Waals surface area contributed by atoms with Crippen LogP contribution in [0.1, 0.15) is 57.4 Å². The van der Waals surface area contributed by atoms with Crippen LogP contribution in [-0.2, 0) is 20.9 Å². The summed E-state index contributed by atoms with van der Waals surface area (Å²) in [4.78, 5) is 24.3. The van der Waals surface area contributed by atoms with Gasteiger partial charge in [0.05, 0.1) is 11.4 Å². The van der Waals surface area contributed by atoms with Gasteiger partial charge in [-0.25, -0.2) is 4.79 Å². The van der Waals surface area contributed by atoms with E-state index < -0.39 is 11.6 Å². The van der Waals surface area contributed by atoms with Gasteiger partial charge in [-0.2, -0.15) is 0 Å². The molecule has 2 heterocycles. The minimum Gasteiger partial charge on any atom is -0.377 e. The lowest BCUT2D eigenvalue weighted by Crippen LogP contribution is -2.38. The van der Waals surface area contributed by atoms with Crippen LogP contribution in [0.4, 0.5) is 0 Å². The van der Waals surface area contributed by atoms with Crippen molar-refractivity contribution in [1.29, 1.82) is 0 Å². The molecule has 1 atom stereocenters. The van der Waals surface area contributed by atoms with E-state index >= 15 is 0 Å². The van der Waals surface area contributed by atoms with Crippen molar-refractivity contribution < 1.29 is 14.5 Å². The van der Waals surface area contributed by atoms with E-state index in [1.807, 2.05) is 26.8 Å². The molecule has 0 bridgehead atoms. The molecule has 1 aromatic rings. The Morgan fingerprint density at radius 2 is 2.22 bits per heavy atom. The zero-order valence-electron chi connectivity index (χ0n) is 14.0. The van der Waals surface area contributed by atoms with Gasteiger partial charge in [-0.1, -0.05) is 31.1 Å². The fraction of sp³-hybridized carbons (Fsp3) is 0.588. The van der Waals surface area contributed by atoms with Crippen molar-refractivity contribution >= 4 is 28.7 Å². The minimum atomic E-state index is -1.08. The third-order valence-corrected chi connectivity index (χ3v) is 5.25. The van der Waals surface area contributed by atoms with Crippen LogP contribution in [0, 0.1) is 5.41 Å². The van der Waals surface area contributed by atoms with E-state index in [1.54, 1.807) is 18.3 Å². The van der Waals surface area contributed by atoms with Crippen LogP contribution in [0.15, 0.2) is 21.8 Å². The molecule has 1 aliphatic carbocycles. The number of fused-ring (bicyclic) bond motifs is 1. The second-order valence-electron chi connectivity index (χ2n) is 7.31. The van der Waals surface area contributed by atoms with E-state index in [2.05, 4.69) is 15.7 Å². The van der Waals surface area contributed by atoms with Gasteiger partial charge in [-0.05, 0) is 37.6 Å². The largest absolute Gasteiger partial charge is 0.381 e. The molecule has 0 saturated carbocycles. The van der Waals surface area contributed by atoms with Crippen LogP contribution in [0.3, 0.4) is 0 Å². The first-order valence-electron chi connectivity index (χ1n) is 7.90. The lowest BCUT2D eigenvalue weighted by Gasteiger charge is -2.20. The number of nitrogens with zero attached hydrogens (tertiary/aromatic N) is 2. The van der Waals surface area contributed by atoms with E-state index in [0.717, 1.165) is 36.2 Å². The molecule has 0 aromatic carbocycles. The number of rotatable bonds is 2. The zero-order chi connectivity index (χ0) is 16.7. The van der Waals surface area contributed by atoms with Crippen molar-refractivity contribution in [3.8, 4) is 0 Å². The van der Waals surface area contributed by atoms with E-state index in [0.29, 0.717) is 6.42 Å². The molecule has 23 heavy (non-hydrogen) atoms. The number of hydrogen-bond acceptors (Lipinski definition) is 6. The van der Waals surface area contributed by atoms with Gasteiger partial charge in [-0.3, -0.25) is 0 Å². The second-order valence-corrected chi connectivity index (χ2v) is 8.32. The Morgan fingerprint density at radius 3 is 2.91 bits per heavy atom. The Kier molecular flexibility index (Phi) is 4.04. The Hall–Kier alpha value is -1.69. The fourth-order valence-corrected chi connectivity index (χ4v) is 3.63. The summed E-state index contributed by atoms with van der Waals surface area (Å²) in [6, 6.07) is 2.04. The summed E-state index contributed by atoms with van der Waals surface area (Å²) in [6.45, 7) is 7.85. The summed E-state index contributed by atoms with van der Waals surface area (Å²) in [5, 5.41) is 10.2. The molecule has 0 radical (unpaired) electrons. The first-order valence-corrected chi connectivity index (χ1v) is 8.78. The van der Waals surface area contributed by atoms with E-state index in [-0.39, 0.29) is 5.41 Å². The predicted octanol–water partition coefficient (Wildman–Crippen LogP) is 3.91. The van der Waals surface area contributed by atoms with Crippen molar-refractivity contribution in [2.24, 2.45) is 15.7 Å². The average molecular weight is 334 g/mol. The van der Waals surface area contributed by atoms with Gasteiger partial charge < -0.3 is 9.68 Å². The number of carbonyl (C=O) groups is 1. The quantitative estimate of drug-likeness (QED) is 0.608. The van der Waals surface area contributed by atoms with Crippen molar-refractivity contribution in [2.45, 2.75) is 59.0 Å². The molecular formula is C17H22N2O3S. The van der Waals surface area contributed by atoms with E-state index in [1.165, 1.54) is 4.88 Å². The summed E-state index contributed by atoms with van der Waals surface area (Å²) >= 11 is 1.73. The number of thiophene rings is 1. The van der Waals surface area contributed by atoms with Gasteiger partial charge in [0.1, 0.15) is 0 Å². The van der Waals surface area contributed by atoms with Crippen molar-refractivity contribution in [3.05, 3.63) is 21.9 Å². The summed E-state index contributed by atoms with van der Waals surface area (Å²) < 4.78 is 0. The molecular weight excluding hydrogens is 312 g/mol. The van der Waals surface area contributed by atoms with Crippen LogP contribution in [-0.4, -0.2) is 23.0 Å². The van der Waals surface area contributed by atoms with Crippen LogP contribution < -0.4 is 0 Å². The predicted molar refractivity (Wildman–Crippen MR) is 90.9 cm³/mol. The summed E-state index contributed by atoms with van der Waals surface area (Å²) in [5.41, 5.74) is 1.61. The number of aryl methyl sites for hydroxylation is 1. The number of oxime groups is 2. The molecule has 0 amide bonds. The molecule has 1 aromatic heterocycles. The first kappa shape index (κ1) is 16.2. The summed E-state index contributed by atoms with van der Waals surface area (Å²) in [5.74, 6) is -0.490. The molecule has 0 N–H and O–H groups in total. The summed E-state index contributed by atoms with van der Waals surface area (Å²) in [6.07, 6.45) is 3.38. The molecule has 2 aliphatic rings. The molecule has 6 heteroatoms. The van der Waals surface area contributed by atoms with Gasteiger partial charge in [0.25, 0.3) is 0 Å². The normalized spacial score (nSPS) is 25.7. The molecule has 3 rings (SSSR count). The number of hydrogen-bond donors (Lipinski definition) is 0. The highest BCUT2D eigenvalue weighted by Gasteiger charge is 2.46. The maximum absolute atomic E-state index is 12.4. The van der Waals surface area contributed by atoms with Gasteiger partial charge >= 0.3 is 5.97 Å². The number of carbonyl (C=O) groups excluding carboxylic acids is 1. The lowest BCUT2D eigenvalue weighted by atomic mass is 9.84. The molecule has 1 unspecified atom stereocenters. The van der Waals surface area contributed by atoms with Gasteiger partial charge in [-0.15, -0.1) is 11.3 Å². The van der Waals surface area contributed by atoms with Crippen molar-refractivity contribution in [3.63, 3.8) is 0 Å². The van der Waals surface area contributed by atoms with Crippen LogP contribution >= 0.6 is 11.3 Å². The van der Waals surface area contributed by atoms with Gasteiger partial charge in [0, 0.05) is 22.3 Å². The topological polar surface area (TPSA) is 60.2 Å². The van der Waals surface area contributed by atoms with Gasteiger partial charge in [0.2, 0.25) is 5.60 Å². The highest BCUT2D eigenvalue weighted by atomic mass is 32.1. The van der Waals surface area contributed by atoms with Crippen LogP contribution in [0.5, 0.6) is 0 Å². The van der Waals surface area contributed by atoms with Crippen LogP contribution in [0.25, 0.3) is 0 Å². The third kappa shape index (κ3) is 3.17. The van der Waals surface area contributed by atoms with Gasteiger partial charge in [0.15, 0.2) is 0 Å². The van der Waals surface area contributed by atoms with Crippen LogP contribution in [0.2, 0.25) is 0 Å². The Bertz CT molecular complexity index is 684. The molecule has 124 valence electrons. The zero-order valence-corrected chi connectivity index (χ0v) is 14.8. The lowest BCUT2D eigenvalue weighted by molar-refractivity contribution is -0.167. The Balaban J connectivity index is 1.69. The monoisotopic (exact) mass is 334 g/mol. The maximum Gasteiger partial charge on any atom is 0.381 e. The Morgan fingerprint density at radius 1 is 1.43 bits per heavy atom. The summed E-state index contributed by atoms with van der Waals surface area (Å²) in [7, 11) is 0. The molecule has 0 spiro atoms. The standard InChI is InChI=1S/C17H22N2O3S/c1-16(2,3)14-10-17(4,22-19-14)15(20)21-18-12-6-5-7-13-11(12)8-9-23-13/h8-9H,5-7,10H2,1-4H3/b18-12+. The van der Waals surface area contributed by atoms with E-state index in [9.17, 15) is 4.79 Å². The minimum absolute atomic E-state index is 0.126. The Labute approximate surface area is 140 Å². The molecule has 1 aliphatic heterocycles. The average Bonchev–Trinajstić information content (AvgIpc) is 3.11. The molecule has 0 fully saturated rings.